The van der Waals surface area contributed by atoms with Gasteiger partial charge in [0.05, 0.1) is 19.2 Å². The van der Waals surface area contributed by atoms with Crippen LogP contribution in [0.5, 0.6) is 5.75 Å². The number of aliphatic carboxylic acids is 1. The third-order valence-electron chi connectivity index (χ3n) is 6.60. The van der Waals surface area contributed by atoms with Gasteiger partial charge in [-0.15, -0.1) is 0 Å². The summed E-state index contributed by atoms with van der Waals surface area (Å²) in [7, 11) is 1.52. The summed E-state index contributed by atoms with van der Waals surface area (Å²) in [6.45, 7) is 5.42. The first-order chi connectivity index (χ1) is 18.2. The van der Waals surface area contributed by atoms with Crippen LogP contribution < -0.4 is 15.4 Å². The number of para-hydroxylation sites is 1. The molecule has 1 heterocycles. The molecule has 1 aliphatic heterocycles. The molecule has 0 aromatic heterocycles. The monoisotopic (exact) mass is 524 g/mol. The number of urea groups is 1. The molecule has 10 heteroatoms. The molecule has 0 aliphatic carbocycles. The van der Waals surface area contributed by atoms with Crippen molar-refractivity contribution in [3.63, 3.8) is 0 Å². The van der Waals surface area contributed by atoms with Gasteiger partial charge in [-0.2, -0.15) is 0 Å². The number of hydrogen-bond acceptors (Lipinski definition) is 5. The number of carbonyl (C=O) groups excluding carboxylic acids is 3. The van der Waals surface area contributed by atoms with Gasteiger partial charge in [-0.3, -0.25) is 14.4 Å². The summed E-state index contributed by atoms with van der Waals surface area (Å²) in [5.41, 5.74) is 3.08. The Morgan fingerprint density at radius 2 is 1.66 bits per heavy atom. The molecule has 4 amide bonds. The lowest BCUT2D eigenvalue weighted by Gasteiger charge is -2.24. The van der Waals surface area contributed by atoms with Crippen molar-refractivity contribution >= 4 is 35.2 Å². The summed E-state index contributed by atoms with van der Waals surface area (Å²) < 4.78 is 5.47. The van der Waals surface area contributed by atoms with Crippen LogP contribution in [0.15, 0.2) is 42.5 Å². The van der Waals surface area contributed by atoms with E-state index in [2.05, 4.69) is 10.6 Å². The number of hydrogen-bond donors (Lipinski definition) is 3. The number of nitrogens with one attached hydrogen (secondary N) is 2. The number of carbonyl (C=O) groups is 4. The molecule has 1 fully saturated rings. The number of methoxy groups -OCH3 is 1. The summed E-state index contributed by atoms with van der Waals surface area (Å²) in [4.78, 5) is 52.3. The molecule has 38 heavy (non-hydrogen) atoms. The molecule has 2 aromatic rings. The van der Waals surface area contributed by atoms with Crippen molar-refractivity contribution in [1.82, 2.24) is 9.80 Å². The van der Waals surface area contributed by atoms with Crippen LogP contribution in [-0.4, -0.2) is 72.0 Å². The van der Waals surface area contributed by atoms with Crippen LogP contribution in [0, 0.1) is 12.8 Å². The minimum absolute atomic E-state index is 0.00309. The van der Waals surface area contributed by atoms with E-state index < -0.39 is 11.9 Å². The number of aryl methyl sites for hydroxylation is 2. The largest absolute Gasteiger partial charge is 0.495 e. The fourth-order valence-corrected chi connectivity index (χ4v) is 4.44. The minimum Gasteiger partial charge on any atom is -0.495 e. The smallest absolute Gasteiger partial charge is 0.323 e. The number of carboxylic acid groups (broad SMARTS) is 1. The second-order valence-electron chi connectivity index (χ2n) is 9.49. The average molecular weight is 525 g/mol. The average Bonchev–Trinajstić information content (AvgIpc) is 3.15. The van der Waals surface area contributed by atoms with Crippen molar-refractivity contribution < 1.29 is 29.0 Å². The molecule has 1 unspecified atom stereocenters. The first-order valence-electron chi connectivity index (χ1n) is 12.8. The number of ether oxygens (including phenoxy) is 1. The highest BCUT2D eigenvalue weighted by atomic mass is 16.5. The van der Waals surface area contributed by atoms with Crippen LogP contribution in [-0.2, 0) is 20.8 Å². The van der Waals surface area contributed by atoms with E-state index in [1.165, 1.54) is 7.11 Å². The predicted octanol–water partition coefficient (Wildman–Crippen LogP) is 3.75. The second kappa shape index (κ2) is 13.5. The Hall–Kier alpha value is -4.08. The normalized spacial score (nSPS) is 14.3. The molecule has 2 aromatic carbocycles. The van der Waals surface area contributed by atoms with Gasteiger partial charge >= 0.3 is 12.0 Å². The van der Waals surface area contributed by atoms with Gasteiger partial charge in [0.15, 0.2) is 0 Å². The van der Waals surface area contributed by atoms with E-state index in [4.69, 9.17) is 9.84 Å². The van der Waals surface area contributed by atoms with Crippen molar-refractivity contribution in [3.05, 3.63) is 53.6 Å². The Morgan fingerprint density at radius 1 is 0.974 bits per heavy atom. The standard InChI is InChI=1S/C28H36N4O6/c1-19-7-4-5-8-22(19)29-28(37)30-23-11-9-21(18-24(23)38-3)10-12-25(33)31-13-6-14-32(16-15-31)27(36)20(2)17-26(34)35/h4-5,7-9,11,18,20H,6,10,12-17H2,1-3H3,(H,34,35)(H2,29,30,37). The third-order valence-corrected chi connectivity index (χ3v) is 6.60. The lowest BCUT2D eigenvalue weighted by atomic mass is 10.1. The van der Waals surface area contributed by atoms with Crippen molar-refractivity contribution in [2.75, 3.05) is 43.9 Å². The Kier molecular flexibility index (Phi) is 10.1. The molecule has 1 aliphatic rings. The topological polar surface area (TPSA) is 128 Å². The summed E-state index contributed by atoms with van der Waals surface area (Å²) in [6, 6.07) is 12.5. The van der Waals surface area contributed by atoms with E-state index >= 15 is 0 Å². The number of rotatable bonds is 9. The maximum absolute atomic E-state index is 12.9. The Balaban J connectivity index is 1.52. The van der Waals surface area contributed by atoms with Gasteiger partial charge < -0.3 is 30.3 Å². The van der Waals surface area contributed by atoms with Gasteiger partial charge in [-0.05, 0) is 49.1 Å². The molecule has 0 spiro atoms. The lowest BCUT2D eigenvalue weighted by molar-refractivity contribution is -0.144. The highest BCUT2D eigenvalue weighted by molar-refractivity contribution is 6.01. The SMILES string of the molecule is COc1cc(CCC(=O)N2CCCN(C(=O)C(C)CC(=O)O)CC2)ccc1NC(=O)Nc1ccccc1C. The highest BCUT2D eigenvalue weighted by Gasteiger charge is 2.26. The number of carboxylic acids is 1. The molecule has 1 saturated heterocycles. The molecule has 1 atom stereocenters. The lowest BCUT2D eigenvalue weighted by Crippen LogP contribution is -2.40. The van der Waals surface area contributed by atoms with Crippen LogP contribution in [0.25, 0.3) is 0 Å². The van der Waals surface area contributed by atoms with E-state index in [9.17, 15) is 19.2 Å². The zero-order valence-electron chi connectivity index (χ0n) is 22.2. The Bertz CT molecular complexity index is 1170. The predicted molar refractivity (Wildman–Crippen MR) is 144 cm³/mol. The molecule has 3 N–H and O–H groups in total. The van der Waals surface area contributed by atoms with Gasteiger partial charge in [0, 0.05) is 44.2 Å². The third kappa shape index (κ3) is 7.96. The summed E-state index contributed by atoms with van der Waals surface area (Å²) in [5.74, 6) is -1.28. The molecule has 0 saturated carbocycles. The summed E-state index contributed by atoms with van der Waals surface area (Å²) in [5, 5.41) is 14.6. The van der Waals surface area contributed by atoms with E-state index in [-0.39, 0.29) is 24.3 Å². The van der Waals surface area contributed by atoms with E-state index in [0.29, 0.717) is 56.9 Å². The molecule has 0 radical (unpaired) electrons. The van der Waals surface area contributed by atoms with Crippen molar-refractivity contribution in [2.45, 2.75) is 39.5 Å². The van der Waals surface area contributed by atoms with E-state index in [1.54, 1.807) is 22.8 Å². The van der Waals surface area contributed by atoms with Crippen LogP contribution in [0.2, 0.25) is 0 Å². The van der Waals surface area contributed by atoms with E-state index in [1.807, 2.05) is 43.3 Å². The van der Waals surface area contributed by atoms with Crippen LogP contribution in [0.1, 0.15) is 37.3 Å². The molecular formula is C28H36N4O6. The van der Waals surface area contributed by atoms with Gasteiger partial charge in [0.2, 0.25) is 11.8 Å². The fraction of sp³-hybridized carbons (Fsp3) is 0.429. The molecule has 204 valence electrons. The van der Waals surface area contributed by atoms with Crippen LogP contribution >= 0.6 is 0 Å². The summed E-state index contributed by atoms with van der Waals surface area (Å²) in [6.07, 6.45) is 1.25. The van der Waals surface area contributed by atoms with Gasteiger partial charge in [-0.25, -0.2) is 4.79 Å². The number of anilines is 2. The maximum Gasteiger partial charge on any atom is 0.323 e. The molecule has 0 bridgehead atoms. The number of benzene rings is 2. The minimum atomic E-state index is -0.997. The number of nitrogens with zero attached hydrogens (tertiary/aromatic N) is 2. The van der Waals surface area contributed by atoms with Gasteiger partial charge in [0.25, 0.3) is 0 Å². The van der Waals surface area contributed by atoms with Crippen LogP contribution in [0.4, 0.5) is 16.2 Å². The van der Waals surface area contributed by atoms with Crippen LogP contribution in [0.3, 0.4) is 0 Å². The van der Waals surface area contributed by atoms with Gasteiger partial charge in [-0.1, -0.05) is 31.2 Å². The molecule has 3 rings (SSSR count). The Morgan fingerprint density at radius 3 is 2.37 bits per heavy atom. The maximum atomic E-state index is 12.9. The first-order valence-corrected chi connectivity index (χ1v) is 12.8. The quantitative estimate of drug-likeness (QED) is 0.458. The fourth-order valence-electron chi connectivity index (χ4n) is 4.44. The zero-order chi connectivity index (χ0) is 27.7. The molecular weight excluding hydrogens is 488 g/mol. The highest BCUT2D eigenvalue weighted by Crippen LogP contribution is 2.27. The van der Waals surface area contributed by atoms with Crippen molar-refractivity contribution in [1.29, 1.82) is 0 Å². The van der Waals surface area contributed by atoms with E-state index in [0.717, 1.165) is 16.8 Å². The Labute approximate surface area is 222 Å². The van der Waals surface area contributed by atoms with Crippen molar-refractivity contribution in [3.8, 4) is 5.75 Å². The summed E-state index contributed by atoms with van der Waals surface area (Å²) >= 11 is 0. The second-order valence-corrected chi connectivity index (χ2v) is 9.49. The zero-order valence-corrected chi connectivity index (χ0v) is 22.2. The van der Waals surface area contributed by atoms with Gasteiger partial charge in [0.1, 0.15) is 5.75 Å². The number of amides is 4. The van der Waals surface area contributed by atoms with Crippen molar-refractivity contribution in [2.24, 2.45) is 5.92 Å². The first kappa shape index (κ1) is 28.5. The molecule has 10 nitrogen and oxygen atoms in total.